The fourth-order valence-corrected chi connectivity index (χ4v) is 2.67. The third-order valence-electron chi connectivity index (χ3n) is 4.20. The summed E-state index contributed by atoms with van der Waals surface area (Å²) in [6, 6.07) is -4.48. The van der Waals surface area contributed by atoms with Gasteiger partial charge in [0.15, 0.2) is 0 Å². The SMILES string of the molecule is CC(C)CC(NC(=O)C(CS)NC(=O)C(N)C(C)C)C(=O)NC(CC(N)=O)C(=O)O. The molecule has 11 nitrogen and oxygen atoms in total. The lowest BCUT2D eigenvalue weighted by Crippen LogP contribution is -2.58. The van der Waals surface area contributed by atoms with Crippen LogP contribution in [0.5, 0.6) is 0 Å². The molecule has 4 amide bonds. The number of carboxylic acid groups (broad SMARTS) is 1. The Kier molecular flexibility index (Phi) is 12.0. The number of hydrogen-bond donors (Lipinski definition) is 7. The molecule has 0 heterocycles. The second-order valence-electron chi connectivity index (χ2n) is 7.77. The highest BCUT2D eigenvalue weighted by molar-refractivity contribution is 7.80. The number of aliphatic carboxylic acids is 1. The topological polar surface area (TPSA) is 194 Å². The van der Waals surface area contributed by atoms with Crippen molar-refractivity contribution < 1.29 is 29.1 Å². The number of nitrogens with two attached hydrogens (primary N) is 2. The van der Waals surface area contributed by atoms with Crippen LogP contribution < -0.4 is 27.4 Å². The van der Waals surface area contributed by atoms with Gasteiger partial charge in [0.05, 0.1) is 12.5 Å². The highest BCUT2D eigenvalue weighted by Crippen LogP contribution is 2.07. The van der Waals surface area contributed by atoms with E-state index in [4.69, 9.17) is 16.6 Å². The van der Waals surface area contributed by atoms with Crippen molar-refractivity contribution >= 4 is 42.2 Å². The van der Waals surface area contributed by atoms with Crippen molar-refractivity contribution in [3.8, 4) is 0 Å². The van der Waals surface area contributed by atoms with Crippen molar-refractivity contribution in [3.63, 3.8) is 0 Å². The summed E-state index contributed by atoms with van der Waals surface area (Å²) in [4.78, 5) is 59.6. The third-order valence-corrected chi connectivity index (χ3v) is 4.56. The fourth-order valence-electron chi connectivity index (χ4n) is 2.41. The highest BCUT2D eigenvalue weighted by atomic mass is 32.1. The molecule has 0 saturated carbocycles. The Bertz CT molecular complexity index is 643. The summed E-state index contributed by atoms with van der Waals surface area (Å²) in [6.45, 7) is 7.13. The minimum atomic E-state index is -1.52. The molecule has 0 fully saturated rings. The predicted octanol–water partition coefficient (Wildman–Crippen LogP) is -1.64. The molecule has 30 heavy (non-hydrogen) atoms. The molecule has 0 spiro atoms. The zero-order valence-electron chi connectivity index (χ0n) is 17.7. The Morgan fingerprint density at radius 1 is 0.867 bits per heavy atom. The zero-order valence-corrected chi connectivity index (χ0v) is 18.6. The maximum absolute atomic E-state index is 12.6. The molecule has 0 aromatic heterocycles. The molecule has 8 N–H and O–H groups in total. The minimum Gasteiger partial charge on any atom is -0.480 e. The quantitative estimate of drug-likeness (QED) is 0.164. The summed E-state index contributed by atoms with van der Waals surface area (Å²) < 4.78 is 0. The number of carboxylic acids is 1. The molecule has 0 aromatic carbocycles. The van der Waals surface area contributed by atoms with Gasteiger partial charge in [-0.1, -0.05) is 27.7 Å². The van der Waals surface area contributed by atoms with Crippen LogP contribution >= 0.6 is 12.6 Å². The summed E-state index contributed by atoms with van der Waals surface area (Å²) in [5, 5.41) is 16.4. The van der Waals surface area contributed by atoms with Crippen LogP contribution in [0.25, 0.3) is 0 Å². The summed E-state index contributed by atoms with van der Waals surface area (Å²) in [7, 11) is 0. The summed E-state index contributed by atoms with van der Waals surface area (Å²) in [6.07, 6.45) is -0.398. The van der Waals surface area contributed by atoms with Crippen LogP contribution in [-0.4, -0.2) is 64.6 Å². The smallest absolute Gasteiger partial charge is 0.326 e. The maximum Gasteiger partial charge on any atom is 0.326 e. The first-order chi connectivity index (χ1) is 13.8. The van der Waals surface area contributed by atoms with Crippen LogP contribution in [0.4, 0.5) is 0 Å². The Morgan fingerprint density at radius 3 is 1.73 bits per heavy atom. The van der Waals surface area contributed by atoms with E-state index in [0.717, 1.165) is 0 Å². The lowest BCUT2D eigenvalue weighted by atomic mass is 10.0. The van der Waals surface area contributed by atoms with E-state index < -0.39 is 60.2 Å². The van der Waals surface area contributed by atoms with Crippen molar-refractivity contribution in [1.82, 2.24) is 16.0 Å². The first-order valence-electron chi connectivity index (χ1n) is 9.58. The molecule has 0 aliphatic heterocycles. The molecule has 4 atom stereocenters. The van der Waals surface area contributed by atoms with Gasteiger partial charge in [-0.3, -0.25) is 19.2 Å². The lowest BCUT2D eigenvalue weighted by molar-refractivity contribution is -0.143. The van der Waals surface area contributed by atoms with Crippen LogP contribution in [-0.2, 0) is 24.0 Å². The van der Waals surface area contributed by atoms with Gasteiger partial charge in [-0.25, -0.2) is 4.79 Å². The molecule has 0 rings (SSSR count). The average Bonchev–Trinajstić information content (AvgIpc) is 2.62. The van der Waals surface area contributed by atoms with Gasteiger partial charge in [0.25, 0.3) is 0 Å². The van der Waals surface area contributed by atoms with E-state index in [0.29, 0.717) is 0 Å². The largest absolute Gasteiger partial charge is 0.480 e. The van der Waals surface area contributed by atoms with Crippen molar-refractivity contribution in [3.05, 3.63) is 0 Å². The molecule has 0 radical (unpaired) electrons. The molecule has 0 bridgehead atoms. The van der Waals surface area contributed by atoms with E-state index in [2.05, 4.69) is 28.6 Å². The van der Waals surface area contributed by atoms with E-state index >= 15 is 0 Å². The second kappa shape index (κ2) is 13.1. The number of carbonyl (C=O) groups excluding carboxylic acids is 4. The van der Waals surface area contributed by atoms with Crippen molar-refractivity contribution in [2.45, 2.75) is 64.7 Å². The van der Waals surface area contributed by atoms with Gasteiger partial charge in [-0.15, -0.1) is 0 Å². The summed E-state index contributed by atoms with van der Waals surface area (Å²) in [5.41, 5.74) is 10.8. The Labute approximate surface area is 181 Å². The summed E-state index contributed by atoms with van der Waals surface area (Å²) in [5.74, 6) is -4.53. The van der Waals surface area contributed by atoms with Crippen LogP contribution in [0.15, 0.2) is 0 Å². The van der Waals surface area contributed by atoms with Gasteiger partial charge >= 0.3 is 5.97 Å². The predicted molar refractivity (Wildman–Crippen MR) is 113 cm³/mol. The molecule has 4 unspecified atom stereocenters. The van der Waals surface area contributed by atoms with Crippen LogP contribution in [0.2, 0.25) is 0 Å². The second-order valence-corrected chi connectivity index (χ2v) is 8.14. The number of amides is 4. The first-order valence-corrected chi connectivity index (χ1v) is 10.2. The molecule has 0 aliphatic carbocycles. The van der Waals surface area contributed by atoms with Gasteiger partial charge in [-0.05, 0) is 18.3 Å². The normalized spacial score (nSPS) is 15.1. The number of hydrogen-bond acceptors (Lipinski definition) is 7. The molecule has 0 saturated heterocycles. The Morgan fingerprint density at radius 2 is 1.33 bits per heavy atom. The molecular weight excluding hydrogens is 414 g/mol. The number of primary amides is 1. The fraction of sp³-hybridized carbons (Fsp3) is 0.722. The van der Waals surface area contributed by atoms with Gasteiger partial charge in [0.1, 0.15) is 18.1 Å². The van der Waals surface area contributed by atoms with Crippen molar-refractivity contribution in [1.29, 1.82) is 0 Å². The number of thiol groups is 1. The number of rotatable bonds is 13. The molecule has 12 heteroatoms. The van der Waals surface area contributed by atoms with Gasteiger partial charge < -0.3 is 32.5 Å². The van der Waals surface area contributed by atoms with E-state index in [1.165, 1.54) is 0 Å². The van der Waals surface area contributed by atoms with E-state index in [1.807, 2.05) is 13.8 Å². The molecule has 172 valence electrons. The Balaban J connectivity index is 5.31. The van der Waals surface area contributed by atoms with Gasteiger partial charge in [-0.2, -0.15) is 12.6 Å². The molecular formula is C18H33N5O6S. The average molecular weight is 448 g/mol. The van der Waals surface area contributed by atoms with Crippen molar-refractivity contribution in [2.75, 3.05) is 5.75 Å². The van der Waals surface area contributed by atoms with Crippen LogP contribution in [0.1, 0.15) is 40.5 Å². The first kappa shape index (κ1) is 27.7. The minimum absolute atomic E-state index is 0.0288. The zero-order chi connectivity index (χ0) is 23.6. The standard InChI is InChI=1S/C18H33N5O6S/c1-8(2)5-10(15(25)22-11(18(28)29)6-13(19)24)21-16(26)12(7-30)23-17(27)14(20)9(3)4/h8-12,14,30H,5-7,20H2,1-4H3,(H2,19,24)(H,21,26)(H,22,25)(H,23,27)(H,28,29). The summed E-state index contributed by atoms with van der Waals surface area (Å²) >= 11 is 4.07. The van der Waals surface area contributed by atoms with Crippen LogP contribution in [0.3, 0.4) is 0 Å². The van der Waals surface area contributed by atoms with Crippen LogP contribution in [0, 0.1) is 11.8 Å². The Hall–Kier alpha value is -2.34. The molecule has 0 aliphatic rings. The van der Waals surface area contributed by atoms with Gasteiger partial charge in [0, 0.05) is 5.75 Å². The van der Waals surface area contributed by atoms with E-state index in [9.17, 15) is 24.0 Å². The highest BCUT2D eigenvalue weighted by Gasteiger charge is 2.31. The number of carbonyl (C=O) groups is 5. The lowest BCUT2D eigenvalue weighted by Gasteiger charge is -2.25. The maximum atomic E-state index is 12.6. The monoisotopic (exact) mass is 447 g/mol. The number of nitrogens with one attached hydrogen (secondary N) is 3. The van der Waals surface area contributed by atoms with Gasteiger partial charge in [0.2, 0.25) is 23.6 Å². The molecule has 0 aromatic rings. The van der Waals surface area contributed by atoms with E-state index in [1.54, 1.807) is 13.8 Å². The van der Waals surface area contributed by atoms with Crippen molar-refractivity contribution in [2.24, 2.45) is 23.3 Å². The van der Waals surface area contributed by atoms with E-state index in [-0.39, 0.29) is 24.0 Å². The third kappa shape index (κ3) is 9.92.